The number of nitro benzene ring substituents is 1. The monoisotopic (exact) mass is 283 g/mol. The van der Waals surface area contributed by atoms with Crippen molar-refractivity contribution in [3.63, 3.8) is 0 Å². The Morgan fingerprint density at radius 2 is 2.00 bits per heavy atom. The van der Waals surface area contributed by atoms with Crippen molar-refractivity contribution in [1.82, 2.24) is 0 Å². The minimum Gasteiger partial charge on any atom is -0.478 e. The molecule has 0 spiro atoms. The number of carboxylic acids is 1. The third kappa shape index (κ3) is 2.68. The van der Waals surface area contributed by atoms with E-state index >= 15 is 0 Å². The average molecular weight is 284 g/mol. The summed E-state index contributed by atoms with van der Waals surface area (Å²) < 4.78 is 35.2. The van der Waals surface area contributed by atoms with E-state index in [0.29, 0.717) is 12.1 Å². The van der Waals surface area contributed by atoms with Crippen molar-refractivity contribution in [3.8, 4) is 0 Å². The van der Waals surface area contributed by atoms with Gasteiger partial charge in [0.1, 0.15) is 4.90 Å². The van der Waals surface area contributed by atoms with Crippen LogP contribution in [-0.2, 0) is 9.05 Å². The predicted octanol–water partition coefficient (Wildman–Crippen LogP) is 1.36. The summed E-state index contributed by atoms with van der Waals surface area (Å²) in [6.45, 7) is 0. The molecule has 0 aromatic heterocycles. The Morgan fingerprint density at radius 3 is 2.35 bits per heavy atom. The summed E-state index contributed by atoms with van der Waals surface area (Å²) in [6.07, 6.45) is 0. The Labute approximate surface area is 98.0 Å². The zero-order valence-electron chi connectivity index (χ0n) is 7.75. The molecule has 0 unspecified atom stereocenters. The molecule has 7 nitrogen and oxygen atoms in total. The first-order valence-electron chi connectivity index (χ1n) is 3.80. The van der Waals surface area contributed by atoms with E-state index in [0.717, 1.165) is 0 Å². The van der Waals surface area contributed by atoms with Crippen LogP contribution >= 0.6 is 10.7 Å². The fourth-order valence-electron chi connectivity index (χ4n) is 1.02. The Balaban J connectivity index is 3.73. The molecular weight excluding hydrogens is 281 g/mol. The maximum atomic E-state index is 13.4. The minimum absolute atomic E-state index is 0.406. The van der Waals surface area contributed by atoms with Crippen molar-refractivity contribution in [2.75, 3.05) is 0 Å². The quantitative estimate of drug-likeness (QED) is 0.509. The summed E-state index contributed by atoms with van der Waals surface area (Å²) in [6, 6.07) is 0.816. The van der Waals surface area contributed by atoms with Crippen LogP contribution in [0.5, 0.6) is 0 Å². The van der Waals surface area contributed by atoms with Gasteiger partial charge in [-0.2, -0.15) is 4.39 Å². The van der Waals surface area contributed by atoms with Crippen molar-refractivity contribution in [1.29, 1.82) is 0 Å². The predicted molar refractivity (Wildman–Crippen MR) is 53.1 cm³/mol. The number of hydrogen-bond acceptors (Lipinski definition) is 5. The highest BCUT2D eigenvalue weighted by Gasteiger charge is 2.28. The number of halogens is 2. The van der Waals surface area contributed by atoms with Gasteiger partial charge in [0.05, 0.1) is 10.5 Å². The molecule has 1 aromatic rings. The number of nitro groups is 1. The maximum absolute atomic E-state index is 13.4. The zero-order chi connectivity index (χ0) is 13.4. The van der Waals surface area contributed by atoms with Crippen LogP contribution in [0.3, 0.4) is 0 Å². The zero-order valence-corrected chi connectivity index (χ0v) is 9.33. The third-order valence-electron chi connectivity index (χ3n) is 1.73. The molecule has 1 rings (SSSR count). The van der Waals surface area contributed by atoms with Crippen LogP contribution in [0, 0.1) is 15.9 Å². The molecule has 92 valence electrons. The molecule has 0 bridgehead atoms. The molecule has 0 fully saturated rings. The van der Waals surface area contributed by atoms with E-state index in [2.05, 4.69) is 0 Å². The van der Waals surface area contributed by atoms with E-state index in [9.17, 15) is 27.7 Å². The van der Waals surface area contributed by atoms with Crippen LogP contribution in [0.25, 0.3) is 0 Å². The van der Waals surface area contributed by atoms with Gasteiger partial charge >= 0.3 is 11.7 Å². The standard InChI is InChI=1S/C7H3ClFNO6S/c8-17(15,16)5-2-3(7(11)12)1-4(6(5)9)10(13)14/h1-2H,(H,11,12). The molecule has 0 atom stereocenters. The molecule has 0 heterocycles. The fourth-order valence-corrected chi connectivity index (χ4v) is 1.94. The molecular formula is C7H3ClFNO6S. The largest absolute Gasteiger partial charge is 0.478 e. The minimum atomic E-state index is -4.62. The fraction of sp³-hybridized carbons (Fsp3) is 0. The number of benzene rings is 1. The van der Waals surface area contributed by atoms with Crippen LogP contribution in [-0.4, -0.2) is 24.4 Å². The van der Waals surface area contributed by atoms with Crippen LogP contribution in [0.1, 0.15) is 10.4 Å². The van der Waals surface area contributed by atoms with Crippen molar-refractivity contribution in [2.24, 2.45) is 0 Å². The highest BCUT2D eigenvalue weighted by atomic mass is 35.7. The van der Waals surface area contributed by atoms with Gasteiger partial charge in [-0.3, -0.25) is 10.1 Å². The van der Waals surface area contributed by atoms with Crippen LogP contribution in [0.2, 0.25) is 0 Å². The number of rotatable bonds is 3. The van der Waals surface area contributed by atoms with Gasteiger partial charge in [0, 0.05) is 16.7 Å². The summed E-state index contributed by atoms with van der Waals surface area (Å²) in [7, 11) is 0.218. The van der Waals surface area contributed by atoms with Gasteiger partial charge in [-0.25, -0.2) is 13.2 Å². The van der Waals surface area contributed by atoms with E-state index in [4.69, 9.17) is 15.8 Å². The molecule has 0 aliphatic heterocycles. The summed E-state index contributed by atoms with van der Waals surface area (Å²) in [4.78, 5) is 18.5. The Bertz CT molecular complexity index is 613. The van der Waals surface area contributed by atoms with E-state index in [1.54, 1.807) is 0 Å². The molecule has 0 saturated heterocycles. The average Bonchev–Trinajstić information content (AvgIpc) is 2.15. The molecule has 17 heavy (non-hydrogen) atoms. The lowest BCUT2D eigenvalue weighted by molar-refractivity contribution is -0.387. The van der Waals surface area contributed by atoms with Gasteiger partial charge in [0.25, 0.3) is 9.05 Å². The lowest BCUT2D eigenvalue weighted by Gasteiger charge is -2.02. The van der Waals surface area contributed by atoms with E-state index < -0.39 is 41.9 Å². The van der Waals surface area contributed by atoms with Gasteiger partial charge in [-0.15, -0.1) is 0 Å². The first kappa shape index (κ1) is 13.3. The first-order chi connectivity index (χ1) is 7.64. The van der Waals surface area contributed by atoms with E-state index in [1.807, 2.05) is 0 Å². The number of hydrogen-bond donors (Lipinski definition) is 1. The lowest BCUT2D eigenvalue weighted by Crippen LogP contribution is -2.06. The van der Waals surface area contributed by atoms with Crippen molar-refractivity contribution in [3.05, 3.63) is 33.6 Å². The van der Waals surface area contributed by atoms with Gasteiger partial charge < -0.3 is 5.11 Å². The second kappa shape index (κ2) is 4.26. The second-order valence-corrected chi connectivity index (χ2v) is 5.34. The van der Waals surface area contributed by atoms with Gasteiger partial charge in [-0.1, -0.05) is 0 Å². The van der Waals surface area contributed by atoms with E-state index in [1.165, 1.54) is 0 Å². The first-order valence-corrected chi connectivity index (χ1v) is 6.11. The maximum Gasteiger partial charge on any atom is 0.335 e. The topological polar surface area (TPSA) is 115 Å². The van der Waals surface area contributed by atoms with Crippen molar-refractivity contribution < 1.29 is 27.6 Å². The van der Waals surface area contributed by atoms with Gasteiger partial charge in [0.2, 0.25) is 5.82 Å². The van der Waals surface area contributed by atoms with E-state index in [-0.39, 0.29) is 0 Å². The molecule has 10 heteroatoms. The Hall–Kier alpha value is -1.74. The number of nitrogens with zero attached hydrogens (tertiary/aromatic N) is 1. The summed E-state index contributed by atoms with van der Waals surface area (Å²) in [5.41, 5.74) is -2.03. The SMILES string of the molecule is O=C(O)c1cc([N+](=O)[O-])c(F)c(S(=O)(=O)Cl)c1. The van der Waals surface area contributed by atoms with Crippen LogP contribution < -0.4 is 0 Å². The number of carboxylic acid groups (broad SMARTS) is 1. The van der Waals surface area contributed by atoms with Crippen LogP contribution in [0.4, 0.5) is 10.1 Å². The molecule has 1 N–H and O–H groups in total. The molecule has 1 aromatic carbocycles. The number of aromatic carboxylic acids is 1. The molecule has 0 aliphatic rings. The summed E-state index contributed by atoms with van der Waals surface area (Å²) in [5, 5.41) is 19.0. The molecule has 0 radical (unpaired) electrons. The smallest absolute Gasteiger partial charge is 0.335 e. The Morgan fingerprint density at radius 1 is 1.47 bits per heavy atom. The van der Waals surface area contributed by atoms with Crippen molar-refractivity contribution >= 4 is 31.4 Å². The summed E-state index contributed by atoms with van der Waals surface area (Å²) >= 11 is 0. The van der Waals surface area contributed by atoms with Crippen LogP contribution in [0.15, 0.2) is 17.0 Å². The molecule has 0 amide bonds. The number of carbonyl (C=O) groups is 1. The highest BCUT2D eigenvalue weighted by Crippen LogP contribution is 2.28. The Kier molecular flexibility index (Phi) is 3.34. The molecule has 0 aliphatic carbocycles. The highest BCUT2D eigenvalue weighted by molar-refractivity contribution is 8.13. The van der Waals surface area contributed by atoms with Gasteiger partial charge in [-0.05, 0) is 6.07 Å². The third-order valence-corrected chi connectivity index (χ3v) is 3.05. The normalized spacial score (nSPS) is 11.2. The lowest BCUT2D eigenvalue weighted by atomic mass is 10.2. The van der Waals surface area contributed by atoms with Crippen molar-refractivity contribution in [2.45, 2.75) is 4.90 Å². The molecule has 0 saturated carbocycles. The summed E-state index contributed by atoms with van der Waals surface area (Å²) in [5.74, 6) is -3.34. The van der Waals surface area contributed by atoms with Gasteiger partial charge in [0.15, 0.2) is 0 Å². The second-order valence-electron chi connectivity index (χ2n) is 2.81.